The molecule has 0 saturated carbocycles. The van der Waals surface area contributed by atoms with Gasteiger partial charge in [0.15, 0.2) is 17.5 Å². The number of benzene rings is 2. The van der Waals surface area contributed by atoms with Crippen LogP contribution in [0.1, 0.15) is 5.89 Å². The number of rotatable bonds is 7. The summed E-state index contributed by atoms with van der Waals surface area (Å²) in [5, 5.41) is 7.58. The van der Waals surface area contributed by atoms with Gasteiger partial charge in [0.1, 0.15) is 0 Å². The van der Waals surface area contributed by atoms with E-state index in [1.165, 1.54) is 0 Å². The number of aromatic nitrogens is 2. The maximum Gasteiger partial charge on any atom is 0.228 e. The predicted octanol–water partition coefficient (Wildman–Crippen LogP) is 3.99. The summed E-state index contributed by atoms with van der Waals surface area (Å²) >= 11 is 5.98. The fourth-order valence-corrected chi connectivity index (χ4v) is 2.66. The molecule has 3 rings (SSSR count). The van der Waals surface area contributed by atoms with E-state index in [4.69, 9.17) is 31.3 Å². The first-order valence-electron chi connectivity index (χ1n) is 8.46. The monoisotopic (exact) mass is 529 g/mol. The summed E-state index contributed by atoms with van der Waals surface area (Å²) in [5.74, 6) is 2.45. The number of hydrogen-bond acceptors (Lipinski definition) is 6. The van der Waals surface area contributed by atoms with Gasteiger partial charge < -0.3 is 25.0 Å². The summed E-state index contributed by atoms with van der Waals surface area (Å²) in [6.45, 7) is 0.392. The second kappa shape index (κ2) is 10.9. The number of halogens is 2. The molecule has 8 nitrogen and oxygen atoms in total. The normalized spacial score (nSPS) is 10.9. The molecule has 29 heavy (non-hydrogen) atoms. The summed E-state index contributed by atoms with van der Waals surface area (Å²) in [7, 11) is 3.15. The fourth-order valence-electron chi connectivity index (χ4n) is 2.47. The Balaban J connectivity index is 0.00000300. The third-order valence-corrected chi connectivity index (χ3v) is 4.05. The van der Waals surface area contributed by atoms with Crippen LogP contribution in [0.15, 0.2) is 52.0 Å². The second-order valence-corrected chi connectivity index (χ2v) is 6.17. The van der Waals surface area contributed by atoms with Crippen molar-refractivity contribution in [2.75, 3.05) is 26.1 Å². The smallest absolute Gasteiger partial charge is 0.228 e. The minimum Gasteiger partial charge on any atom is -0.493 e. The van der Waals surface area contributed by atoms with Crippen LogP contribution in [-0.2, 0) is 6.42 Å². The lowest BCUT2D eigenvalue weighted by atomic mass is 10.2. The molecule has 0 atom stereocenters. The van der Waals surface area contributed by atoms with Gasteiger partial charge in [-0.2, -0.15) is 4.98 Å². The van der Waals surface area contributed by atoms with Gasteiger partial charge in [0.25, 0.3) is 0 Å². The molecule has 1 heterocycles. The van der Waals surface area contributed by atoms with Crippen molar-refractivity contribution < 1.29 is 14.0 Å². The van der Waals surface area contributed by atoms with Crippen LogP contribution < -0.4 is 20.5 Å². The molecule has 3 N–H and O–H groups in total. The molecular formula is C19H21ClIN5O3. The molecule has 0 spiro atoms. The fraction of sp³-hybridized carbons (Fsp3) is 0.211. The van der Waals surface area contributed by atoms with Crippen LogP contribution >= 0.6 is 35.6 Å². The molecule has 0 aliphatic rings. The van der Waals surface area contributed by atoms with Crippen molar-refractivity contribution in [1.82, 2.24) is 10.1 Å². The molecule has 1 aromatic heterocycles. The third kappa shape index (κ3) is 6.23. The lowest BCUT2D eigenvalue weighted by molar-refractivity contribution is 0.355. The van der Waals surface area contributed by atoms with Gasteiger partial charge in [-0.1, -0.05) is 28.9 Å². The Morgan fingerprint density at radius 3 is 2.69 bits per heavy atom. The lowest BCUT2D eigenvalue weighted by Gasteiger charge is -2.10. The number of nitrogens with one attached hydrogen (secondary N) is 1. The highest BCUT2D eigenvalue weighted by Crippen LogP contribution is 2.29. The number of ether oxygens (including phenoxy) is 2. The Morgan fingerprint density at radius 1 is 1.17 bits per heavy atom. The number of hydrogen-bond donors (Lipinski definition) is 2. The van der Waals surface area contributed by atoms with E-state index in [1.54, 1.807) is 38.5 Å². The maximum absolute atomic E-state index is 5.98. The van der Waals surface area contributed by atoms with E-state index in [2.05, 4.69) is 20.4 Å². The van der Waals surface area contributed by atoms with Gasteiger partial charge in [0, 0.05) is 28.8 Å². The van der Waals surface area contributed by atoms with E-state index >= 15 is 0 Å². The van der Waals surface area contributed by atoms with Crippen LogP contribution in [0.5, 0.6) is 11.5 Å². The average Bonchev–Trinajstić information content (AvgIpc) is 3.17. The Morgan fingerprint density at radius 2 is 1.97 bits per heavy atom. The molecule has 0 unspecified atom stereocenters. The molecular weight excluding hydrogens is 509 g/mol. The van der Waals surface area contributed by atoms with Gasteiger partial charge in [-0.05, 0) is 24.3 Å². The quantitative estimate of drug-likeness (QED) is 0.271. The van der Waals surface area contributed by atoms with E-state index in [0.717, 1.165) is 11.3 Å². The molecule has 154 valence electrons. The molecule has 0 radical (unpaired) electrons. The van der Waals surface area contributed by atoms with Crippen molar-refractivity contribution in [3.8, 4) is 22.9 Å². The number of anilines is 1. The van der Waals surface area contributed by atoms with E-state index in [9.17, 15) is 0 Å². The molecule has 0 aliphatic carbocycles. The zero-order valence-electron chi connectivity index (χ0n) is 15.9. The van der Waals surface area contributed by atoms with Crippen LogP contribution in [0.25, 0.3) is 11.4 Å². The van der Waals surface area contributed by atoms with Crippen molar-refractivity contribution in [3.05, 3.63) is 53.4 Å². The highest BCUT2D eigenvalue weighted by Gasteiger charge is 2.09. The van der Waals surface area contributed by atoms with Gasteiger partial charge in [-0.25, -0.2) is 0 Å². The molecule has 0 fully saturated rings. The van der Waals surface area contributed by atoms with Crippen LogP contribution in [0.3, 0.4) is 0 Å². The van der Waals surface area contributed by atoms with Gasteiger partial charge in [-0.3, -0.25) is 4.99 Å². The van der Waals surface area contributed by atoms with Crippen molar-refractivity contribution in [1.29, 1.82) is 0 Å². The van der Waals surface area contributed by atoms with Gasteiger partial charge in [-0.15, -0.1) is 24.0 Å². The van der Waals surface area contributed by atoms with E-state index in [0.29, 0.717) is 41.2 Å². The van der Waals surface area contributed by atoms with Crippen LogP contribution in [0.2, 0.25) is 5.02 Å². The third-order valence-electron chi connectivity index (χ3n) is 3.81. The van der Waals surface area contributed by atoms with E-state index in [1.807, 2.05) is 18.2 Å². The summed E-state index contributed by atoms with van der Waals surface area (Å²) < 4.78 is 15.7. The molecule has 0 amide bonds. The first kappa shape index (κ1) is 22.8. The molecule has 2 aromatic carbocycles. The van der Waals surface area contributed by atoms with Gasteiger partial charge in [0.05, 0.1) is 20.8 Å². The first-order valence-corrected chi connectivity index (χ1v) is 8.84. The molecule has 0 aliphatic heterocycles. The van der Waals surface area contributed by atoms with Crippen molar-refractivity contribution in [2.24, 2.45) is 10.7 Å². The van der Waals surface area contributed by atoms with Crippen molar-refractivity contribution in [3.63, 3.8) is 0 Å². The Labute approximate surface area is 190 Å². The van der Waals surface area contributed by atoms with Gasteiger partial charge in [0.2, 0.25) is 11.7 Å². The number of methoxy groups -OCH3 is 2. The first-order chi connectivity index (χ1) is 13.6. The number of guanidine groups is 1. The maximum atomic E-state index is 5.98. The number of nitrogens with two attached hydrogens (primary N) is 1. The minimum absolute atomic E-state index is 0. The summed E-state index contributed by atoms with van der Waals surface area (Å²) in [5.41, 5.74) is 7.46. The zero-order chi connectivity index (χ0) is 19.9. The number of aliphatic imine (C=N–C) groups is 1. The average molecular weight is 530 g/mol. The lowest BCUT2D eigenvalue weighted by Crippen LogP contribution is -2.23. The van der Waals surface area contributed by atoms with Gasteiger partial charge >= 0.3 is 0 Å². The standard InChI is InChI=1S/C19H20ClN5O3.HI/c1-26-15-7-6-14(11-16(15)27-2)23-19(21)22-9-8-17-24-18(25-28-17)12-4-3-5-13(20)10-12;/h3-7,10-11H,8-9H2,1-2H3,(H3,21,22,23);1H. The van der Waals surface area contributed by atoms with Crippen LogP contribution in [0, 0.1) is 0 Å². The predicted molar refractivity (Wildman–Crippen MR) is 124 cm³/mol. The topological polar surface area (TPSA) is 108 Å². The highest BCUT2D eigenvalue weighted by molar-refractivity contribution is 14.0. The second-order valence-electron chi connectivity index (χ2n) is 5.73. The summed E-state index contributed by atoms with van der Waals surface area (Å²) in [6.07, 6.45) is 0.460. The van der Waals surface area contributed by atoms with E-state index < -0.39 is 0 Å². The van der Waals surface area contributed by atoms with Crippen LogP contribution in [-0.4, -0.2) is 36.9 Å². The molecule has 10 heteroatoms. The molecule has 3 aromatic rings. The Kier molecular flexibility index (Phi) is 8.52. The molecule has 0 saturated heterocycles. The van der Waals surface area contributed by atoms with Crippen LogP contribution in [0.4, 0.5) is 5.69 Å². The van der Waals surface area contributed by atoms with Crippen molar-refractivity contribution >= 4 is 47.2 Å². The summed E-state index contributed by atoms with van der Waals surface area (Å²) in [6, 6.07) is 12.6. The molecule has 0 bridgehead atoms. The van der Waals surface area contributed by atoms with Crippen molar-refractivity contribution in [2.45, 2.75) is 6.42 Å². The highest BCUT2D eigenvalue weighted by atomic mass is 127. The SMILES string of the molecule is COc1ccc(NC(N)=NCCc2nc(-c3cccc(Cl)c3)no2)cc1OC.I. The minimum atomic E-state index is 0. The Hall–Kier alpha value is -2.53. The zero-order valence-corrected chi connectivity index (χ0v) is 19.0. The largest absolute Gasteiger partial charge is 0.493 e. The summed E-state index contributed by atoms with van der Waals surface area (Å²) in [4.78, 5) is 8.62. The number of nitrogens with zero attached hydrogens (tertiary/aromatic N) is 3. The Bertz CT molecular complexity index is 980. The van der Waals surface area contributed by atoms with E-state index in [-0.39, 0.29) is 29.9 Å².